The molecule has 0 amide bonds. The molecule has 0 aliphatic heterocycles. The summed E-state index contributed by atoms with van der Waals surface area (Å²) in [6, 6.07) is 11.2. The van der Waals surface area contributed by atoms with Crippen LogP contribution in [-0.2, 0) is 18.0 Å². The monoisotopic (exact) mass is 401 g/mol. The number of hydrogen-bond acceptors (Lipinski definition) is 3. The van der Waals surface area contributed by atoms with E-state index in [0.717, 1.165) is 11.6 Å². The average Bonchev–Trinajstić information content (AvgIpc) is 3.48. The van der Waals surface area contributed by atoms with Gasteiger partial charge in [0.1, 0.15) is 5.56 Å². The first-order valence-electron chi connectivity index (χ1n) is 9.25. The summed E-state index contributed by atoms with van der Waals surface area (Å²) >= 11 is 0. The number of hydrogen-bond donors (Lipinski definition) is 2. The van der Waals surface area contributed by atoms with Crippen molar-refractivity contribution in [1.82, 2.24) is 4.98 Å². The van der Waals surface area contributed by atoms with Crippen LogP contribution in [0.3, 0.4) is 0 Å². The fraction of sp³-hybridized carbons (Fsp3) is 0.273. The topological polar surface area (TPSA) is 70.4 Å². The summed E-state index contributed by atoms with van der Waals surface area (Å²) in [4.78, 5) is 16.3. The van der Waals surface area contributed by atoms with Crippen LogP contribution in [0.1, 0.15) is 52.5 Å². The van der Waals surface area contributed by atoms with Gasteiger partial charge in [-0.25, -0.2) is 9.78 Å². The van der Waals surface area contributed by atoms with Crippen LogP contribution in [0.2, 0.25) is 0 Å². The third-order valence-corrected chi connectivity index (χ3v) is 5.63. The van der Waals surface area contributed by atoms with Gasteiger partial charge < -0.3 is 10.2 Å². The number of aromatic carboxylic acids is 1. The van der Waals surface area contributed by atoms with Gasteiger partial charge in [0.2, 0.25) is 0 Å². The van der Waals surface area contributed by atoms with E-state index in [4.69, 9.17) is 0 Å². The molecule has 0 unspecified atom stereocenters. The molecule has 1 aromatic heterocycles. The Morgan fingerprint density at radius 2 is 1.79 bits per heavy atom. The lowest BCUT2D eigenvalue weighted by molar-refractivity contribution is -0.136. The molecule has 29 heavy (non-hydrogen) atoms. The lowest BCUT2D eigenvalue weighted by atomic mass is 9.88. The Morgan fingerprint density at radius 3 is 2.31 bits per heavy atom. The van der Waals surface area contributed by atoms with Crippen LogP contribution in [0.5, 0.6) is 5.75 Å². The van der Waals surface area contributed by atoms with Crippen molar-refractivity contribution < 1.29 is 28.2 Å². The number of aromatic nitrogens is 1. The van der Waals surface area contributed by atoms with Gasteiger partial charge in [-0.15, -0.1) is 0 Å². The van der Waals surface area contributed by atoms with Gasteiger partial charge in [0.05, 0.1) is 16.8 Å². The first kappa shape index (κ1) is 19.2. The zero-order valence-electron chi connectivity index (χ0n) is 15.5. The molecule has 1 aliphatic rings. The molecule has 0 atom stereocenters. The fourth-order valence-electron chi connectivity index (χ4n) is 4.04. The highest BCUT2D eigenvalue weighted by Crippen LogP contribution is 2.56. The molecule has 2 aromatic carbocycles. The van der Waals surface area contributed by atoms with Crippen LogP contribution < -0.4 is 0 Å². The Morgan fingerprint density at radius 1 is 1.14 bits per heavy atom. The molecule has 0 spiro atoms. The molecule has 1 aliphatic carbocycles. The predicted molar refractivity (Wildman–Crippen MR) is 101 cm³/mol. The highest BCUT2D eigenvalue weighted by molar-refractivity contribution is 6.07. The minimum absolute atomic E-state index is 0.00708. The number of fused-ring (bicyclic) bond motifs is 1. The standard InChI is InChI=1S/C22H18F3NO3/c1-2-12-8-9-14(22(23,24)25)17-15(12)16(20(28)29)18(27)19(26-17)21(10-11-21)13-6-4-3-5-7-13/h3-9,27H,2,10-11H2,1H3,(H,28,29). The molecule has 0 radical (unpaired) electrons. The number of carboxylic acid groups (broad SMARTS) is 1. The fourth-order valence-corrected chi connectivity index (χ4v) is 4.04. The van der Waals surface area contributed by atoms with Crippen molar-refractivity contribution in [1.29, 1.82) is 0 Å². The van der Waals surface area contributed by atoms with Gasteiger partial charge >= 0.3 is 12.1 Å². The van der Waals surface area contributed by atoms with Crippen molar-refractivity contribution in [3.8, 4) is 5.75 Å². The second-order valence-corrected chi connectivity index (χ2v) is 7.28. The van der Waals surface area contributed by atoms with E-state index >= 15 is 0 Å². The number of carboxylic acids is 1. The summed E-state index contributed by atoms with van der Waals surface area (Å²) in [6.07, 6.45) is -3.27. The number of halogens is 3. The maximum Gasteiger partial charge on any atom is 0.418 e. The van der Waals surface area contributed by atoms with E-state index in [1.165, 1.54) is 6.07 Å². The van der Waals surface area contributed by atoms with E-state index in [9.17, 15) is 28.2 Å². The summed E-state index contributed by atoms with van der Waals surface area (Å²) in [5.74, 6) is -2.03. The van der Waals surface area contributed by atoms with Crippen molar-refractivity contribution in [2.75, 3.05) is 0 Å². The molecule has 1 heterocycles. The van der Waals surface area contributed by atoms with Crippen LogP contribution in [-0.4, -0.2) is 21.2 Å². The minimum Gasteiger partial charge on any atom is -0.505 e. The van der Waals surface area contributed by atoms with E-state index in [1.807, 2.05) is 18.2 Å². The lowest BCUT2D eigenvalue weighted by Crippen LogP contribution is -2.16. The molecule has 1 saturated carbocycles. The van der Waals surface area contributed by atoms with Crippen LogP contribution in [0, 0.1) is 0 Å². The number of aryl methyl sites for hydroxylation is 1. The molecule has 0 saturated heterocycles. The molecular weight excluding hydrogens is 383 g/mol. The Labute approximate surface area is 164 Å². The zero-order valence-corrected chi connectivity index (χ0v) is 15.5. The van der Waals surface area contributed by atoms with Crippen molar-refractivity contribution in [2.45, 2.75) is 37.8 Å². The molecule has 4 nitrogen and oxygen atoms in total. The SMILES string of the molecule is CCc1ccc(C(F)(F)F)c2nc(C3(c4ccccc4)CC3)c(O)c(C(=O)O)c12. The smallest absolute Gasteiger partial charge is 0.418 e. The van der Waals surface area contributed by atoms with Crippen molar-refractivity contribution in [3.05, 3.63) is 70.4 Å². The quantitative estimate of drug-likeness (QED) is 0.622. The van der Waals surface area contributed by atoms with Gasteiger partial charge in [-0.1, -0.05) is 43.3 Å². The molecule has 2 N–H and O–H groups in total. The van der Waals surface area contributed by atoms with E-state index in [0.29, 0.717) is 24.8 Å². The Balaban J connectivity index is 2.13. The van der Waals surface area contributed by atoms with E-state index in [-0.39, 0.29) is 11.1 Å². The maximum absolute atomic E-state index is 13.7. The Bertz CT molecular complexity index is 1120. The summed E-state index contributed by atoms with van der Waals surface area (Å²) < 4.78 is 41.1. The van der Waals surface area contributed by atoms with Crippen LogP contribution in [0.4, 0.5) is 13.2 Å². The van der Waals surface area contributed by atoms with Gasteiger partial charge in [-0.3, -0.25) is 0 Å². The molecular formula is C22H18F3NO3. The number of alkyl halides is 3. The van der Waals surface area contributed by atoms with Gasteiger partial charge in [0, 0.05) is 10.8 Å². The van der Waals surface area contributed by atoms with Crippen molar-refractivity contribution in [2.24, 2.45) is 0 Å². The number of carbonyl (C=O) groups is 1. The number of aromatic hydroxyl groups is 1. The molecule has 7 heteroatoms. The molecule has 3 aromatic rings. The van der Waals surface area contributed by atoms with Gasteiger partial charge in [-0.05, 0) is 36.5 Å². The van der Waals surface area contributed by atoms with E-state index < -0.39 is 40.0 Å². The first-order valence-corrected chi connectivity index (χ1v) is 9.25. The summed E-state index contributed by atoms with van der Waals surface area (Å²) in [7, 11) is 0. The maximum atomic E-state index is 13.7. The number of nitrogens with zero attached hydrogens (tertiary/aromatic N) is 1. The average molecular weight is 401 g/mol. The highest BCUT2D eigenvalue weighted by Gasteiger charge is 2.50. The summed E-state index contributed by atoms with van der Waals surface area (Å²) in [5, 5.41) is 20.5. The summed E-state index contributed by atoms with van der Waals surface area (Å²) in [6.45, 7) is 1.71. The summed E-state index contributed by atoms with van der Waals surface area (Å²) in [5.41, 5.74) is -1.55. The van der Waals surface area contributed by atoms with Crippen molar-refractivity contribution in [3.63, 3.8) is 0 Å². The van der Waals surface area contributed by atoms with Crippen LogP contribution >= 0.6 is 0 Å². The Hall–Kier alpha value is -3.09. The Kier molecular flexibility index (Phi) is 4.29. The van der Waals surface area contributed by atoms with E-state index in [2.05, 4.69) is 4.98 Å². The number of benzene rings is 2. The normalized spacial score (nSPS) is 15.4. The molecule has 1 fully saturated rings. The predicted octanol–water partition coefficient (Wildman–Crippen LogP) is 5.30. The van der Waals surface area contributed by atoms with Gasteiger partial charge in [0.25, 0.3) is 0 Å². The molecule has 4 rings (SSSR count). The van der Waals surface area contributed by atoms with E-state index in [1.54, 1.807) is 19.1 Å². The minimum atomic E-state index is -4.70. The van der Waals surface area contributed by atoms with Gasteiger partial charge in [-0.2, -0.15) is 13.2 Å². The molecule has 0 bridgehead atoms. The van der Waals surface area contributed by atoms with Crippen LogP contribution in [0.15, 0.2) is 42.5 Å². The highest BCUT2D eigenvalue weighted by atomic mass is 19.4. The second kappa shape index (κ2) is 6.47. The number of rotatable bonds is 4. The van der Waals surface area contributed by atoms with Crippen LogP contribution in [0.25, 0.3) is 10.9 Å². The lowest BCUT2D eigenvalue weighted by Gasteiger charge is -2.21. The van der Waals surface area contributed by atoms with Crippen molar-refractivity contribution >= 4 is 16.9 Å². The third kappa shape index (κ3) is 2.92. The second-order valence-electron chi connectivity index (χ2n) is 7.28. The molecule has 150 valence electrons. The number of pyridine rings is 1. The zero-order chi connectivity index (χ0) is 21.0. The first-order chi connectivity index (χ1) is 13.7. The van der Waals surface area contributed by atoms with Gasteiger partial charge in [0.15, 0.2) is 5.75 Å². The third-order valence-electron chi connectivity index (χ3n) is 5.63. The largest absolute Gasteiger partial charge is 0.505 e.